The van der Waals surface area contributed by atoms with E-state index in [1.165, 1.54) is 30.4 Å². The number of aromatic nitrogens is 1. The molecule has 0 bridgehead atoms. The van der Waals surface area contributed by atoms with Crippen molar-refractivity contribution in [2.45, 2.75) is 124 Å². The predicted octanol–water partition coefficient (Wildman–Crippen LogP) is 5.19. The van der Waals surface area contributed by atoms with Crippen molar-refractivity contribution in [2.24, 2.45) is 11.8 Å². The Kier molecular flexibility index (Phi) is 20.0. The zero-order valence-corrected chi connectivity index (χ0v) is 36.3. The number of nitrogens with zero attached hydrogens (tertiary/aromatic N) is 3. The molecule has 2 heterocycles. The second-order valence-electron chi connectivity index (χ2n) is 15.4. The summed E-state index contributed by atoms with van der Waals surface area (Å²) in [7, 11) is 0. The Morgan fingerprint density at radius 1 is 0.933 bits per heavy atom. The number of unbranched alkanes of at least 4 members (excludes halogenated alkanes) is 2. The van der Waals surface area contributed by atoms with Crippen LogP contribution in [0.1, 0.15) is 126 Å². The van der Waals surface area contributed by atoms with Gasteiger partial charge in [-0.3, -0.25) is 43.3 Å². The largest absolute Gasteiger partial charge is 0.481 e. The highest BCUT2D eigenvalue weighted by Crippen LogP contribution is 2.31. The number of ether oxygens (including phenoxy) is 1. The van der Waals surface area contributed by atoms with Gasteiger partial charge in [-0.2, -0.15) is 0 Å². The molecule has 3 unspecified atom stereocenters. The van der Waals surface area contributed by atoms with E-state index in [0.29, 0.717) is 55.9 Å². The van der Waals surface area contributed by atoms with E-state index in [2.05, 4.69) is 20.9 Å². The normalized spacial score (nSPS) is 14.3. The summed E-state index contributed by atoms with van der Waals surface area (Å²) in [5.74, 6) is -3.16. The molecule has 0 radical (unpaired) electrons. The van der Waals surface area contributed by atoms with Crippen molar-refractivity contribution in [1.29, 1.82) is 0 Å². The standard InChI is InChI=1S/C43H60N6O10S/c1-7-28(5)22-40(55)48(8-2)34(27(3)4)24-35(59-29(6)50)43-47-33(26-60-43)42(58)46-32(17-20-41(56)57)23-30-13-15-31(16-14-30)45-37(52)25-44-36(51)12-10-9-11-21-49-38(53)18-19-39(49)54/h13-16,18-19,26-28,32,34-35H,7-12,17,20-25H2,1-6H3,(H,44,51)(H,45,52)(H,46,58)(H,56,57)/t28?,32-,34?,35?/m1/s1. The highest BCUT2D eigenvalue weighted by molar-refractivity contribution is 7.09. The average Bonchev–Trinajstić information content (AvgIpc) is 3.82. The zero-order valence-electron chi connectivity index (χ0n) is 35.5. The Labute approximate surface area is 355 Å². The minimum absolute atomic E-state index is 0.0346. The van der Waals surface area contributed by atoms with Gasteiger partial charge in [0.25, 0.3) is 17.7 Å². The number of amides is 6. The van der Waals surface area contributed by atoms with Crippen LogP contribution in [0.3, 0.4) is 0 Å². The van der Waals surface area contributed by atoms with E-state index in [1.807, 2.05) is 39.5 Å². The number of rotatable bonds is 26. The summed E-state index contributed by atoms with van der Waals surface area (Å²) >= 11 is 1.17. The van der Waals surface area contributed by atoms with Crippen LogP contribution in [-0.2, 0) is 44.7 Å². The van der Waals surface area contributed by atoms with Gasteiger partial charge in [0.05, 0.1) is 6.54 Å². The number of anilines is 1. The molecule has 4 N–H and O–H groups in total. The quantitative estimate of drug-likeness (QED) is 0.0548. The van der Waals surface area contributed by atoms with Gasteiger partial charge in [0, 0.05) is 81.0 Å². The van der Waals surface area contributed by atoms with E-state index in [9.17, 15) is 43.5 Å². The molecular weight excluding hydrogens is 793 g/mol. The fraction of sp³-hybridized carbons (Fsp3) is 0.558. The van der Waals surface area contributed by atoms with Crippen LogP contribution in [0.5, 0.6) is 0 Å². The Morgan fingerprint density at radius 3 is 2.22 bits per heavy atom. The van der Waals surface area contributed by atoms with Crippen molar-refractivity contribution in [3.8, 4) is 0 Å². The van der Waals surface area contributed by atoms with Gasteiger partial charge in [-0.15, -0.1) is 11.3 Å². The maximum atomic E-state index is 13.5. The first-order valence-corrected chi connectivity index (χ1v) is 21.5. The summed E-state index contributed by atoms with van der Waals surface area (Å²) in [4.78, 5) is 106. The second kappa shape index (κ2) is 24.6. The number of hydrogen-bond acceptors (Lipinski definition) is 11. The number of aliphatic carboxylic acids is 1. The van der Waals surface area contributed by atoms with Crippen LogP contribution in [0, 0.1) is 11.8 Å². The van der Waals surface area contributed by atoms with E-state index >= 15 is 0 Å². The Hall–Kier alpha value is -5.45. The van der Waals surface area contributed by atoms with Crippen molar-refractivity contribution in [3.63, 3.8) is 0 Å². The lowest BCUT2D eigenvalue weighted by Gasteiger charge is -2.36. The summed E-state index contributed by atoms with van der Waals surface area (Å²) in [5.41, 5.74) is 1.33. The predicted molar refractivity (Wildman–Crippen MR) is 226 cm³/mol. The molecule has 1 aromatic carbocycles. The lowest BCUT2D eigenvalue weighted by atomic mass is 9.94. The van der Waals surface area contributed by atoms with E-state index in [0.717, 1.165) is 16.9 Å². The molecule has 1 aromatic heterocycles. The molecule has 0 saturated carbocycles. The molecular formula is C43H60N6O10S. The molecule has 0 spiro atoms. The molecule has 328 valence electrons. The van der Waals surface area contributed by atoms with Crippen LogP contribution in [0.2, 0.25) is 0 Å². The lowest BCUT2D eigenvalue weighted by molar-refractivity contribution is -0.149. The van der Waals surface area contributed by atoms with Crippen molar-refractivity contribution in [2.75, 3.05) is 25.0 Å². The first-order chi connectivity index (χ1) is 28.5. The fourth-order valence-corrected chi connectivity index (χ4v) is 7.56. The van der Waals surface area contributed by atoms with Gasteiger partial charge in [-0.05, 0) is 62.1 Å². The summed E-state index contributed by atoms with van der Waals surface area (Å²) in [6.07, 6.45) is 5.41. The molecule has 16 nitrogen and oxygen atoms in total. The van der Waals surface area contributed by atoms with E-state index in [1.54, 1.807) is 29.6 Å². The van der Waals surface area contributed by atoms with E-state index in [-0.39, 0.29) is 79.4 Å². The van der Waals surface area contributed by atoms with Gasteiger partial charge in [0.15, 0.2) is 6.10 Å². The van der Waals surface area contributed by atoms with Crippen molar-refractivity contribution >= 4 is 64.4 Å². The minimum atomic E-state index is -1.02. The summed E-state index contributed by atoms with van der Waals surface area (Å²) in [5, 5.41) is 19.6. The number of carboxylic acid groups (broad SMARTS) is 1. The Morgan fingerprint density at radius 2 is 1.62 bits per heavy atom. The van der Waals surface area contributed by atoms with Crippen LogP contribution >= 0.6 is 11.3 Å². The Balaban J connectivity index is 1.57. The molecule has 4 atom stereocenters. The number of esters is 1. The molecule has 0 aliphatic carbocycles. The molecule has 60 heavy (non-hydrogen) atoms. The van der Waals surface area contributed by atoms with Crippen LogP contribution < -0.4 is 16.0 Å². The third-order valence-electron chi connectivity index (χ3n) is 10.2. The van der Waals surface area contributed by atoms with Gasteiger partial charge in [0.2, 0.25) is 17.7 Å². The molecule has 1 aliphatic heterocycles. The summed E-state index contributed by atoms with van der Waals surface area (Å²) in [6.45, 7) is 11.9. The second-order valence-corrected chi connectivity index (χ2v) is 16.3. The molecule has 0 fully saturated rings. The maximum Gasteiger partial charge on any atom is 0.303 e. The first kappa shape index (κ1) is 48.9. The number of imide groups is 1. The third kappa shape index (κ3) is 16.3. The molecule has 17 heteroatoms. The summed E-state index contributed by atoms with van der Waals surface area (Å²) in [6, 6.07) is 5.99. The minimum Gasteiger partial charge on any atom is -0.481 e. The van der Waals surface area contributed by atoms with Crippen molar-refractivity contribution < 1.29 is 48.2 Å². The fourth-order valence-electron chi connectivity index (χ4n) is 6.72. The topological polar surface area (TPSA) is 221 Å². The van der Waals surface area contributed by atoms with Crippen molar-refractivity contribution in [1.82, 2.24) is 25.4 Å². The van der Waals surface area contributed by atoms with Crippen LogP contribution in [0.25, 0.3) is 0 Å². The van der Waals surface area contributed by atoms with Gasteiger partial charge in [-0.25, -0.2) is 4.98 Å². The number of carbonyl (C=O) groups excluding carboxylic acids is 7. The smallest absolute Gasteiger partial charge is 0.303 e. The lowest BCUT2D eigenvalue weighted by Crippen LogP contribution is -2.44. The number of hydrogen-bond donors (Lipinski definition) is 4. The highest BCUT2D eigenvalue weighted by Gasteiger charge is 2.32. The van der Waals surface area contributed by atoms with Crippen LogP contribution in [0.4, 0.5) is 5.69 Å². The molecule has 0 saturated heterocycles. The van der Waals surface area contributed by atoms with Gasteiger partial charge in [-0.1, -0.05) is 52.7 Å². The number of thiazole rings is 1. The Bertz CT molecular complexity index is 1830. The first-order valence-electron chi connectivity index (χ1n) is 20.6. The highest BCUT2D eigenvalue weighted by atomic mass is 32.1. The SMILES string of the molecule is CCC(C)CC(=O)N(CC)C(CC(OC(C)=O)c1nc(C(=O)N[C@H](CCC(=O)O)Cc2ccc(NC(=O)CNC(=O)CCCCCN3C(=O)C=CC3=O)cc2)cs1)C(C)C. The van der Waals surface area contributed by atoms with Crippen LogP contribution in [-0.4, -0.2) is 99.0 Å². The zero-order chi connectivity index (χ0) is 44.4. The van der Waals surface area contributed by atoms with E-state index < -0.39 is 35.9 Å². The van der Waals surface area contributed by atoms with Gasteiger partial charge >= 0.3 is 11.9 Å². The number of benzene rings is 1. The van der Waals surface area contributed by atoms with Crippen molar-refractivity contribution in [3.05, 3.63) is 58.1 Å². The van der Waals surface area contributed by atoms with Crippen LogP contribution in [0.15, 0.2) is 41.8 Å². The monoisotopic (exact) mass is 852 g/mol. The molecule has 6 amide bonds. The number of carbonyl (C=O) groups is 8. The molecule has 2 aromatic rings. The van der Waals surface area contributed by atoms with Gasteiger partial charge in [0.1, 0.15) is 10.7 Å². The number of nitrogens with one attached hydrogen (secondary N) is 3. The van der Waals surface area contributed by atoms with E-state index in [4.69, 9.17) is 4.74 Å². The number of carboxylic acids is 1. The maximum absolute atomic E-state index is 13.5. The molecule has 3 rings (SSSR count). The van der Waals surface area contributed by atoms with Gasteiger partial charge < -0.3 is 30.7 Å². The third-order valence-corrected chi connectivity index (χ3v) is 11.2. The molecule has 1 aliphatic rings. The summed E-state index contributed by atoms with van der Waals surface area (Å²) < 4.78 is 5.72. The average molecular weight is 853 g/mol.